The van der Waals surface area contributed by atoms with Crippen LogP contribution >= 0.6 is 0 Å². The summed E-state index contributed by atoms with van der Waals surface area (Å²) in [5.74, 6) is 0.466. The molecular formula is C35H39N5O6. The predicted molar refractivity (Wildman–Crippen MR) is 179 cm³/mol. The summed E-state index contributed by atoms with van der Waals surface area (Å²) in [5.41, 5.74) is 1.89. The lowest BCUT2D eigenvalue weighted by molar-refractivity contribution is 0.0371. The van der Waals surface area contributed by atoms with Gasteiger partial charge in [-0.05, 0) is 60.8 Å². The molecule has 4 aromatic carbocycles. The lowest BCUT2D eigenvalue weighted by Crippen LogP contribution is -2.50. The molecule has 46 heavy (non-hydrogen) atoms. The number of aliphatic hydroxyl groups excluding tert-OH is 1. The average molecular weight is 626 g/mol. The second-order valence-corrected chi connectivity index (χ2v) is 11.5. The molecule has 0 saturated carbocycles. The Labute approximate surface area is 268 Å². The standard InChI is InChI=1S/C35H39N5O6/c1-22-19-40(23(2)21-41)33(42)29-18-26(37-34(43)36-25-12-15-27(45-4)16-13-25)14-17-31(29)46-32(22)20-39(3)35(44)38-30-11-7-9-24-8-5-6-10-28(24)30/h5-18,22-23,32,41H,19-21H2,1-4H3,(H,38,44)(H2,36,37,43)/t22-,23+,32+/m0/s1. The van der Waals surface area contributed by atoms with E-state index in [1.165, 1.54) is 0 Å². The van der Waals surface area contributed by atoms with Crippen molar-refractivity contribution in [1.82, 2.24) is 9.80 Å². The van der Waals surface area contributed by atoms with Crippen molar-refractivity contribution in [2.24, 2.45) is 5.92 Å². The van der Waals surface area contributed by atoms with Gasteiger partial charge in [-0.3, -0.25) is 4.79 Å². The van der Waals surface area contributed by atoms with Crippen LogP contribution in [0.15, 0.2) is 84.9 Å². The highest BCUT2D eigenvalue weighted by atomic mass is 16.5. The zero-order chi connectivity index (χ0) is 32.8. The molecule has 11 heteroatoms. The van der Waals surface area contributed by atoms with Crippen molar-refractivity contribution in [2.75, 3.05) is 49.8 Å². The highest BCUT2D eigenvalue weighted by Crippen LogP contribution is 2.31. The van der Waals surface area contributed by atoms with E-state index in [4.69, 9.17) is 9.47 Å². The maximum absolute atomic E-state index is 13.8. The van der Waals surface area contributed by atoms with Gasteiger partial charge in [0.1, 0.15) is 17.6 Å². The van der Waals surface area contributed by atoms with Crippen LogP contribution in [0.2, 0.25) is 0 Å². The molecule has 4 N–H and O–H groups in total. The molecule has 0 aromatic heterocycles. The number of urea groups is 2. The van der Waals surface area contributed by atoms with Crippen molar-refractivity contribution < 1.29 is 29.0 Å². The molecular weight excluding hydrogens is 586 g/mol. The fraction of sp³-hybridized carbons (Fsp3) is 0.286. The molecule has 0 radical (unpaired) electrons. The van der Waals surface area contributed by atoms with Crippen LogP contribution < -0.4 is 25.4 Å². The number of nitrogens with zero attached hydrogens (tertiary/aromatic N) is 2. The minimum absolute atomic E-state index is 0.188. The number of benzene rings is 4. The predicted octanol–water partition coefficient (Wildman–Crippen LogP) is 5.88. The lowest BCUT2D eigenvalue weighted by Gasteiger charge is -2.38. The van der Waals surface area contributed by atoms with Gasteiger partial charge in [0.2, 0.25) is 0 Å². The summed E-state index contributed by atoms with van der Waals surface area (Å²) < 4.78 is 11.6. The van der Waals surface area contributed by atoms with Crippen molar-refractivity contribution in [3.63, 3.8) is 0 Å². The third-order valence-electron chi connectivity index (χ3n) is 8.10. The van der Waals surface area contributed by atoms with Crippen LogP contribution in [0.25, 0.3) is 10.8 Å². The van der Waals surface area contributed by atoms with E-state index < -0.39 is 18.2 Å². The molecule has 1 aliphatic heterocycles. The van der Waals surface area contributed by atoms with Gasteiger partial charge >= 0.3 is 12.1 Å². The normalized spacial score (nSPS) is 16.7. The van der Waals surface area contributed by atoms with E-state index in [0.717, 1.165) is 10.8 Å². The summed E-state index contributed by atoms with van der Waals surface area (Å²) >= 11 is 0. The van der Waals surface area contributed by atoms with E-state index in [1.54, 1.807) is 73.3 Å². The number of ether oxygens (including phenoxy) is 2. The molecule has 0 spiro atoms. The Morgan fingerprint density at radius 3 is 2.43 bits per heavy atom. The first kappa shape index (κ1) is 32.1. The second-order valence-electron chi connectivity index (χ2n) is 11.5. The van der Waals surface area contributed by atoms with Crippen molar-refractivity contribution in [2.45, 2.75) is 26.0 Å². The van der Waals surface area contributed by atoms with Gasteiger partial charge in [0, 0.05) is 36.3 Å². The quantitative estimate of drug-likeness (QED) is 0.194. The maximum atomic E-state index is 13.8. The Kier molecular flexibility index (Phi) is 9.92. The lowest BCUT2D eigenvalue weighted by atomic mass is 9.99. The van der Waals surface area contributed by atoms with Crippen molar-refractivity contribution in [3.05, 3.63) is 90.5 Å². The van der Waals surface area contributed by atoms with E-state index in [2.05, 4.69) is 16.0 Å². The van der Waals surface area contributed by atoms with Crippen LogP contribution in [0.4, 0.5) is 26.7 Å². The molecule has 0 unspecified atom stereocenters. The molecule has 0 aliphatic carbocycles. The fourth-order valence-electron chi connectivity index (χ4n) is 5.38. The Morgan fingerprint density at radius 1 is 1.00 bits per heavy atom. The number of hydrogen-bond acceptors (Lipinski definition) is 6. The van der Waals surface area contributed by atoms with E-state index >= 15 is 0 Å². The van der Waals surface area contributed by atoms with Crippen molar-refractivity contribution in [1.29, 1.82) is 0 Å². The van der Waals surface area contributed by atoms with Gasteiger partial charge in [-0.1, -0.05) is 43.3 Å². The van der Waals surface area contributed by atoms with Crippen LogP contribution in [0.1, 0.15) is 24.2 Å². The molecule has 3 atom stereocenters. The van der Waals surface area contributed by atoms with Crippen LogP contribution in [0.3, 0.4) is 0 Å². The number of carbonyl (C=O) groups excluding carboxylic acids is 3. The number of fused-ring (bicyclic) bond motifs is 2. The summed E-state index contributed by atoms with van der Waals surface area (Å²) in [6.45, 7) is 4.02. The monoisotopic (exact) mass is 625 g/mol. The Balaban J connectivity index is 1.34. The molecule has 5 rings (SSSR count). The third kappa shape index (κ3) is 7.32. The third-order valence-corrected chi connectivity index (χ3v) is 8.10. The Bertz CT molecular complexity index is 1710. The summed E-state index contributed by atoms with van der Waals surface area (Å²) in [6.07, 6.45) is -0.485. The summed E-state index contributed by atoms with van der Waals surface area (Å²) in [7, 11) is 3.26. The van der Waals surface area contributed by atoms with Crippen LogP contribution in [0, 0.1) is 5.92 Å². The SMILES string of the molecule is COc1ccc(NC(=O)Nc2ccc3c(c2)C(=O)N([C@H](C)CO)C[C@H](C)[C@@H](CN(C)C(=O)Nc2cccc4ccccc24)O3)cc1. The van der Waals surface area contributed by atoms with Gasteiger partial charge in [-0.2, -0.15) is 0 Å². The summed E-state index contributed by atoms with van der Waals surface area (Å²) in [5, 5.41) is 20.5. The highest BCUT2D eigenvalue weighted by Gasteiger charge is 2.34. The molecule has 0 saturated heterocycles. The summed E-state index contributed by atoms with van der Waals surface area (Å²) in [4.78, 5) is 43.0. The largest absolute Gasteiger partial charge is 0.497 e. The molecule has 11 nitrogen and oxygen atoms in total. The number of amides is 5. The van der Waals surface area contributed by atoms with Crippen LogP contribution in [0.5, 0.6) is 11.5 Å². The molecule has 0 bridgehead atoms. The molecule has 240 valence electrons. The van der Waals surface area contributed by atoms with E-state index in [0.29, 0.717) is 35.1 Å². The number of anilines is 3. The van der Waals surface area contributed by atoms with Crippen LogP contribution in [-0.4, -0.2) is 78.9 Å². The van der Waals surface area contributed by atoms with E-state index in [-0.39, 0.29) is 36.6 Å². The molecule has 1 heterocycles. The first-order chi connectivity index (χ1) is 22.2. The first-order valence-electron chi connectivity index (χ1n) is 15.1. The van der Waals surface area contributed by atoms with Gasteiger partial charge < -0.3 is 40.3 Å². The topological polar surface area (TPSA) is 132 Å². The van der Waals surface area contributed by atoms with Gasteiger partial charge in [-0.15, -0.1) is 0 Å². The minimum atomic E-state index is -0.491. The van der Waals surface area contributed by atoms with Gasteiger partial charge in [0.15, 0.2) is 0 Å². The van der Waals surface area contributed by atoms with Gasteiger partial charge in [0.05, 0.1) is 37.6 Å². The zero-order valence-corrected chi connectivity index (χ0v) is 26.3. The first-order valence-corrected chi connectivity index (χ1v) is 15.1. The highest BCUT2D eigenvalue weighted by molar-refractivity contribution is 6.03. The summed E-state index contributed by atoms with van der Waals surface area (Å²) in [6, 6.07) is 24.1. The smallest absolute Gasteiger partial charge is 0.323 e. The van der Waals surface area contributed by atoms with Crippen molar-refractivity contribution >= 4 is 45.8 Å². The van der Waals surface area contributed by atoms with Crippen molar-refractivity contribution in [3.8, 4) is 11.5 Å². The molecule has 0 fully saturated rings. The minimum Gasteiger partial charge on any atom is -0.497 e. The van der Waals surface area contributed by atoms with Gasteiger partial charge in [-0.25, -0.2) is 9.59 Å². The number of nitrogens with one attached hydrogen (secondary N) is 3. The average Bonchev–Trinajstić information content (AvgIpc) is 3.06. The van der Waals surface area contributed by atoms with Crippen LogP contribution in [-0.2, 0) is 0 Å². The fourth-order valence-corrected chi connectivity index (χ4v) is 5.38. The number of rotatable bonds is 8. The Hall–Kier alpha value is -5.29. The number of likely N-dealkylation sites (N-methyl/N-ethyl adjacent to an activating group) is 1. The zero-order valence-electron chi connectivity index (χ0n) is 26.3. The number of aliphatic hydroxyl groups is 1. The molecule has 5 amide bonds. The van der Waals surface area contributed by atoms with E-state index in [1.807, 2.05) is 49.4 Å². The number of carbonyl (C=O) groups is 3. The van der Waals surface area contributed by atoms with Gasteiger partial charge in [0.25, 0.3) is 5.91 Å². The van der Waals surface area contributed by atoms with E-state index in [9.17, 15) is 19.5 Å². The Morgan fingerprint density at radius 2 is 1.70 bits per heavy atom. The molecule has 4 aromatic rings. The number of methoxy groups -OCH3 is 1. The second kappa shape index (κ2) is 14.2. The maximum Gasteiger partial charge on any atom is 0.323 e. The number of hydrogen-bond donors (Lipinski definition) is 4. The molecule has 1 aliphatic rings.